The Morgan fingerprint density at radius 1 is 1.26 bits per heavy atom. The van der Waals surface area contributed by atoms with Crippen molar-refractivity contribution in [2.24, 2.45) is 0 Å². The number of rotatable bonds is 2. The van der Waals surface area contributed by atoms with Gasteiger partial charge in [0.25, 0.3) is 0 Å². The van der Waals surface area contributed by atoms with Gasteiger partial charge in [0.05, 0.1) is 0 Å². The maximum atomic E-state index is 12.9. The van der Waals surface area contributed by atoms with Crippen LogP contribution in [-0.2, 0) is 17.4 Å². The molecule has 9 heteroatoms. The first kappa shape index (κ1) is 17.2. The van der Waals surface area contributed by atoms with E-state index in [-0.39, 0.29) is 23.2 Å². The van der Waals surface area contributed by atoms with Gasteiger partial charge in [0.2, 0.25) is 17.6 Å². The van der Waals surface area contributed by atoms with Crippen LogP contribution in [0.1, 0.15) is 30.1 Å². The Balaban J connectivity index is 1.69. The van der Waals surface area contributed by atoms with Crippen molar-refractivity contribution in [3.8, 4) is 11.4 Å². The fraction of sp³-hybridized carbons (Fsp3) is 0.222. The lowest BCUT2D eigenvalue weighted by atomic mass is 10.1. The van der Waals surface area contributed by atoms with Gasteiger partial charge in [-0.15, -0.1) is 0 Å². The van der Waals surface area contributed by atoms with Crippen LogP contribution in [0.5, 0.6) is 0 Å². The minimum atomic E-state index is -4.57. The van der Waals surface area contributed by atoms with Crippen molar-refractivity contribution in [3.63, 3.8) is 0 Å². The molecule has 0 saturated carbocycles. The van der Waals surface area contributed by atoms with E-state index in [1.807, 2.05) is 24.3 Å². The Hall–Kier alpha value is -3.23. The third-order valence-corrected chi connectivity index (χ3v) is 4.35. The van der Waals surface area contributed by atoms with Gasteiger partial charge in [-0.05, 0) is 23.8 Å². The van der Waals surface area contributed by atoms with Crippen LogP contribution in [-0.4, -0.2) is 21.0 Å². The molecule has 1 aromatic carbocycles. The van der Waals surface area contributed by atoms with Gasteiger partial charge in [0.1, 0.15) is 11.7 Å². The summed E-state index contributed by atoms with van der Waals surface area (Å²) in [6, 6.07) is 9.16. The molecule has 0 bridgehead atoms. The van der Waals surface area contributed by atoms with E-state index in [1.165, 1.54) is 13.0 Å². The summed E-state index contributed by atoms with van der Waals surface area (Å²) in [5.41, 5.74) is 0.820. The number of amides is 1. The summed E-state index contributed by atoms with van der Waals surface area (Å²) in [7, 11) is 0. The number of aromatic nitrogens is 3. The number of pyridine rings is 1. The topological polar surface area (TPSA) is 72.1 Å². The number of para-hydroxylation sites is 1. The number of hydrogen-bond acceptors (Lipinski definition) is 5. The molecule has 1 amide bonds. The summed E-state index contributed by atoms with van der Waals surface area (Å²) in [5, 5.41) is 3.79. The molecule has 0 radical (unpaired) electrons. The molecular formula is C18H13F3N4O2. The number of halogens is 3. The van der Waals surface area contributed by atoms with Crippen molar-refractivity contribution in [2.75, 3.05) is 4.90 Å². The average molecular weight is 374 g/mol. The molecule has 0 saturated heterocycles. The van der Waals surface area contributed by atoms with Gasteiger partial charge in [-0.25, -0.2) is 0 Å². The third kappa shape index (κ3) is 3.05. The molecule has 138 valence electrons. The van der Waals surface area contributed by atoms with Crippen molar-refractivity contribution in [1.29, 1.82) is 0 Å². The maximum absolute atomic E-state index is 12.9. The second-order valence-corrected chi connectivity index (χ2v) is 6.12. The second-order valence-electron chi connectivity index (χ2n) is 6.12. The fourth-order valence-corrected chi connectivity index (χ4v) is 3.19. The Morgan fingerprint density at radius 2 is 2.04 bits per heavy atom. The largest absolute Gasteiger partial charge is 0.433 e. The van der Waals surface area contributed by atoms with Crippen LogP contribution in [0.2, 0.25) is 0 Å². The molecule has 6 nitrogen and oxygen atoms in total. The van der Waals surface area contributed by atoms with E-state index in [2.05, 4.69) is 15.1 Å². The number of hydrogen-bond donors (Lipinski definition) is 0. The number of fused-ring (bicyclic) bond motifs is 1. The van der Waals surface area contributed by atoms with E-state index in [9.17, 15) is 18.0 Å². The molecular weight excluding hydrogens is 361 g/mol. The van der Waals surface area contributed by atoms with Crippen LogP contribution in [0.3, 0.4) is 0 Å². The smallest absolute Gasteiger partial charge is 0.337 e. The Labute approximate surface area is 151 Å². The molecule has 27 heavy (non-hydrogen) atoms. The quantitative estimate of drug-likeness (QED) is 0.682. The second kappa shape index (κ2) is 6.19. The zero-order valence-corrected chi connectivity index (χ0v) is 14.1. The Kier molecular flexibility index (Phi) is 3.94. The lowest BCUT2D eigenvalue weighted by Gasteiger charge is -2.21. The van der Waals surface area contributed by atoms with Crippen molar-refractivity contribution in [1.82, 2.24) is 15.1 Å². The molecule has 3 aromatic rings. The van der Waals surface area contributed by atoms with Crippen LogP contribution >= 0.6 is 0 Å². The summed E-state index contributed by atoms with van der Waals surface area (Å²) in [6.45, 7) is 1.44. The fourth-order valence-electron chi connectivity index (χ4n) is 3.19. The van der Waals surface area contributed by atoms with Crippen molar-refractivity contribution < 1.29 is 22.5 Å². The summed E-state index contributed by atoms with van der Waals surface area (Å²) >= 11 is 0. The van der Waals surface area contributed by atoms with Gasteiger partial charge in [0, 0.05) is 30.8 Å². The highest BCUT2D eigenvalue weighted by Crippen LogP contribution is 2.40. The highest BCUT2D eigenvalue weighted by Gasteiger charge is 2.37. The van der Waals surface area contributed by atoms with Gasteiger partial charge >= 0.3 is 6.18 Å². The molecule has 0 fully saturated rings. The number of carbonyl (C=O) groups excluding carboxylic acids is 1. The monoisotopic (exact) mass is 374 g/mol. The first-order chi connectivity index (χ1) is 12.8. The standard InChI is InChI=1S/C18H13F3N4O2/c1-10(26)25-13-5-3-2-4-11(13)8-14(25)17-23-16(24-27-17)12-6-7-22-15(9-12)18(19,20)21/h2-7,9,14H,8H2,1H3/t14-/m0/s1. The first-order valence-corrected chi connectivity index (χ1v) is 8.09. The van der Waals surface area contributed by atoms with Gasteiger partial charge in [0.15, 0.2) is 0 Å². The molecule has 1 aliphatic heterocycles. The number of carbonyl (C=O) groups is 1. The molecule has 0 N–H and O–H groups in total. The normalized spacial score (nSPS) is 16.4. The zero-order valence-electron chi connectivity index (χ0n) is 14.1. The van der Waals surface area contributed by atoms with Gasteiger partial charge in [-0.2, -0.15) is 18.2 Å². The highest BCUT2D eigenvalue weighted by atomic mass is 19.4. The number of anilines is 1. The van der Waals surface area contributed by atoms with Crippen LogP contribution < -0.4 is 4.90 Å². The lowest BCUT2D eigenvalue weighted by molar-refractivity contribution is -0.141. The average Bonchev–Trinajstić information content (AvgIpc) is 3.25. The Bertz CT molecular complexity index is 1020. The minimum Gasteiger partial charge on any atom is -0.337 e. The molecule has 0 unspecified atom stereocenters. The lowest BCUT2D eigenvalue weighted by Crippen LogP contribution is -2.30. The summed E-state index contributed by atoms with van der Waals surface area (Å²) in [6.07, 6.45) is -3.04. The molecule has 0 aliphatic carbocycles. The van der Waals surface area contributed by atoms with Gasteiger partial charge in [-0.1, -0.05) is 23.4 Å². The number of benzene rings is 1. The van der Waals surface area contributed by atoms with Crippen molar-refractivity contribution in [2.45, 2.75) is 25.6 Å². The minimum absolute atomic E-state index is 0.0114. The van der Waals surface area contributed by atoms with Crippen molar-refractivity contribution in [3.05, 3.63) is 59.7 Å². The number of nitrogens with zero attached hydrogens (tertiary/aromatic N) is 4. The molecule has 4 rings (SSSR count). The van der Waals surface area contributed by atoms with Crippen molar-refractivity contribution >= 4 is 11.6 Å². The summed E-state index contributed by atoms with van der Waals surface area (Å²) < 4.78 is 43.8. The van der Waals surface area contributed by atoms with E-state index in [0.29, 0.717) is 6.42 Å². The van der Waals surface area contributed by atoms with Crippen LogP contribution in [0.25, 0.3) is 11.4 Å². The molecule has 0 spiro atoms. The van der Waals surface area contributed by atoms with Crippen LogP contribution in [0.4, 0.5) is 18.9 Å². The predicted molar refractivity (Wildman–Crippen MR) is 88.6 cm³/mol. The SMILES string of the molecule is CC(=O)N1c2ccccc2C[C@H]1c1nc(-c2ccnc(C(F)(F)F)c2)no1. The van der Waals surface area contributed by atoms with Gasteiger partial charge < -0.3 is 4.52 Å². The van der Waals surface area contributed by atoms with Gasteiger partial charge in [-0.3, -0.25) is 14.7 Å². The summed E-state index contributed by atoms with van der Waals surface area (Å²) in [4.78, 5) is 21.2. The Morgan fingerprint density at radius 3 is 2.78 bits per heavy atom. The molecule has 2 aromatic heterocycles. The number of alkyl halides is 3. The van der Waals surface area contributed by atoms with E-state index < -0.39 is 17.9 Å². The summed E-state index contributed by atoms with van der Waals surface area (Å²) in [5.74, 6) is -0.00732. The third-order valence-electron chi connectivity index (χ3n) is 4.35. The van der Waals surface area contributed by atoms with E-state index >= 15 is 0 Å². The van der Waals surface area contributed by atoms with E-state index in [0.717, 1.165) is 23.5 Å². The van der Waals surface area contributed by atoms with E-state index in [1.54, 1.807) is 4.90 Å². The predicted octanol–water partition coefficient (Wildman–Crippen LogP) is 3.80. The molecule has 3 heterocycles. The van der Waals surface area contributed by atoms with E-state index in [4.69, 9.17) is 4.52 Å². The van der Waals surface area contributed by atoms with Crippen LogP contribution in [0.15, 0.2) is 47.1 Å². The first-order valence-electron chi connectivity index (χ1n) is 8.09. The van der Waals surface area contributed by atoms with Crippen LogP contribution in [0, 0.1) is 0 Å². The molecule has 1 aliphatic rings. The molecule has 1 atom stereocenters. The maximum Gasteiger partial charge on any atom is 0.433 e. The zero-order chi connectivity index (χ0) is 19.2. The highest BCUT2D eigenvalue weighted by molar-refractivity contribution is 5.94.